The first-order chi connectivity index (χ1) is 9.75. The summed E-state index contributed by atoms with van der Waals surface area (Å²) in [6, 6.07) is 10.3. The largest absolute Gasteiger partial charge is 0.377 e. The molecule has 0 heterocycles. The minimum atomic E-state index is 0.466. The van der Waals surface area contributed by atoms with Crippen LogP contribution in [0.25, 0.3) is 0 Å². The molecule has 1 aliphatic carbocycles. The maximum Gasteiger partial charge on any atom is 0.133 e. The third-order valence-electron chi connectivity index (χ3n) is 4.40. The van der Waals surface area contributed by atoms with Crippen molar-refractivity contribution in [2.24, 2.45) is 11.8 Å². The molecule has 0 aromatic heterocycles. The molecule has 1 saturated carbocycles. The molecule has 110 valence electrons. The second-order valence-electron chi connectivity index (χ2n) is 6.05. The molecule has 0 spiro atoms. The molecular formula is C18H26O2. The van der Waals surface area contributed by atoms with Crippen LogP contribution in [-0.2, 0) is 16.1 Å². The maximum atomic E-state index is 11.5. The molecule has 2 nitrogen and oxygen atoms in total. The zero-order valence-corrected chi connectivity index (χ0v) is 12.5. The van der Waals surface area contributed by atoms with Gasteiger partial charge in [-0.1, -0.05) is 43.7 Å². The average molecular weight is 274 g/mol. The maximum absolute atomic E-state index is 11.5. The summed E-state index contributed by atoms with van der Waals surface area (Å²) in [7, 11) is 0. The zero-order chi connectivity index (χ0) is 14.2. The van der Waals surface area contributed by atoms with E-state index in [4.69, 9.17) is 4.74 Å². The van der Waals surface area contributed by atoms with Crippen LogP contribution in [0.4, 0.5) is 0 Å². The average Bonchev–Trinajstić information content (AvgIpc) is 2.47. The molecule has 0 radical (unpaired) electrons. The zero-order valence-electron chi connectivity index (χ0n) is 12.5. The highest BCUT2D eigenvalue weighted by molar-refractivity contribution is 5.79. The molecule has 2 heteroatoms. The third-order valence-corrected chi connectivity index (χ3v) is 4.40. The lowest BCUT2D eigenvalue weighted by atomic mass is 9.77. The number of rotatable bonds is 7. The molecule has 0 aliphatic heterocycles. The Hall–Kier alpha value is -1.15. The van der Waals surface area contributed by atoms with Crippen LogP contribution >= 0.6 is 0 Å². The molecule has 0 saturated heterocycles. The van der Waals surface area contributed by atoms with Crippen LogP contribution in [0.3, 0.4) is 0 Å². The lowest BCUT2D eigenvalue weighted by Crippen LogP contribution is -2.22. The predicted molar refractivity (Wildman–Crippen MR) is 81.5 cm³/mol. The smallest absolute Gasteiger partial charge is 0.133 e. The van der Waals surface area contributed by atoms with Crippen molar-refractivity contribution >= 4 is 5.78 Å². The molecule has 0 N–H and O–H groups in total. The van der Waals surface area contributed by atoms with Crippen LogP contribution < -0.4 is 0 Å². The van der Waals surface area contributed by atoms with Crippen LogP contribution in [0.1, 0.15) is 51.0 Å². The number of hydrogen-bond acceptors (Lipinski definition) is 2. The number of unbranched alkanes of at least 4 members (excludes halogenated alkanes) is 1. The van der Waals surface area contributed by atoms with Gasteiger partial charge in [-0.25, -0.2) is 0 Å². The summed E-state index contributed by atoms with van der Waals surface area (Å²) in [5.74, 6) is 1.80. The van der Waals surface area contributed by atoms with Gasteiger partial charge >= 0.3 is 0 Å². The summed E-state index contributed by atoms with van der Waals surface area (Å²) in [4.78, 5) is 11.5. The number of ketones is 1. The van der Waals surface area contributed by atoms with Crippen LogP contribution in [0.2, 0.25) is 0 Å². The molecular weight excluding hydrogens is 248 g/mol. The van der Waals surface area contributed by atoms with Crippen LogP contribution in [0.5, 0.6) is 0 Å². The van der Waals surface area contributed by atoms with E-state index in [2.05, 4.69) is 19.1 Å². The Balaban J connectivity index is 1.54. The number of carbonyl (C=O) groups is 1. The predicted octanol–water partition coefficient (Wildman–Crippen LogP) is 4.38. The normalized spacial score (nSPS) is 22.9. The molecule has 1 aromatic rings. The number of Topliss-reactive ketones (excluding diaryl/α,β-unsaturated/α-hetero) is 1. The minimum Gasteiger partial charge on any atom is -0.377 e. The molecule has 2 unspecified atom stereocenters. The molecule has 1 aromatic carbocycles. The van der Waals surface area contributed by atoms with Gasteiger partial charge in [-0.05, 0) is 36.7 Å². The molecule has 2 atom stereocenters. The number of hydrogen-bond donors (Lipinski definition) is 0. The fraction of sp³-hybridized carbons (Fsp3) is 0.611. The van der Waals surface area contributed by atoms with Crippen molar-refractivity contribution in [3.8, 4) is 0 Å². The first-order valence-corrected chi connectivity index (χ1v) is 7.89. The van der Waals surface area contributed by atoms with Crippen molar-refractivity contribution in [2.45, 2.75) is 52.1 Å². The van der Waals surface area contributed by atoms with E-state index in [1.165, 1.54) is 18.4 Å². The van der Waals surface area contributed by atoms with E-state index in [1.54, 1.807) is 0 Å². The van der Waals surface area contributed by atoms with E-state index in [-0.39, 0.29) is 0 Å². The van der Waals surface area contributed by atoms with Gasteiger partial charge in [-0.15, -0.1) is 0 Å². The second-order valence-corrected chi connectivity index (χ2v) is 6.05. The van der Waals surface area contributed by atoms with E-state index in [0.717, 1.165) is 38.2 Å². The molecule has 1 aliphatic rings. The molecule has 2 rings (SSSR count). The fourth-order valence-electron chi connectivity index (χ4n) is 2.98. The van der Waals surface area contributed by atoms with Crippen LogP contribution in [-0.4, -0.2) is 12.4 Å². The minimum absolute atomic E-state index is 0.466. The Labute approximate surface area is 122 Å². The summed E-state index contributed by atoms with van der Waals surface area (Å²) in [5, 5.41) is 0. The van der Waals surface area contributed by atoms with Crippen molar-refractivity contribution < 1.29 is 9.53 Å². The van der Waals surface area contributed by atoms with Crippen molar-refractivity contribution in [1.82, 2.24) is 0 Å². The van der Waals surface area contributed by atoms with Gasteiger partial charge in [-0.2, -0.15) is 0 Å². The first-order valence-electron chi connectivity index (χ1n) is 7.89. The topological polar surface area (TPSA) is 26.3 Å². The lowest BCUT2D eigenvalue weighted by Gasteiger charge is -2.27. The van der Waals surface area contributed by atoms with Crippen molar-refractivity contribution in [3.63, 3.8) is 0 Å². The van der Waals surface area contributed by atoms with Gasteiger partial charge in [0.1, 0.15) is 5.78 Å². The standard InChI is InChI=1S/C18H26O2/c1-15-10-11-18(19)13-17(15)9-5-6-12-20-14-16-7-3-2-4-8-16/h2-4,7-8,15,17H,5-6,9-14H2,1H3. The lowest BCUT2D eigenvalue weighted by molar-refractivity contribution is -0.122. The Morgan fingerprint density at radius 3 is 2.80 bits per heavy atom. The molecule has 1 fully saturated rings. The quantitative estimate of drug-likeness (QED) is 0.690. The van der Waals surface area contributed by atoms with E-state index in [9.17, 15) is 4.79 Å². The Morgan fingerprint density at radius 2 is 2.00 bits per heavy atom. The van der Waals surface area contributed by atoms with E-state index in [1.807, 2.05) is 18.2 Å². The van der Waals surface area contributed by atoms with E-state index in [0.29, 0.717) is 18.3 Å². The molecule has 20 heavy (non-hydrogen) atoms. The Morgan fingerprint density at radius 1 is 1.20 bits per heavy atom. The second kappa shape index (κ2) is 8.21. The van der Waals surface area contributed by atoms with Crippen molar-refractivity contribution in [1.29, 1.82) is 0 Å². The molecule has 0 amide bonds. The number of benzene rings is 1. The van der Waals surface area contributed by atoms with Gasteiger partial charge < -0.3 is 4.74 Å². The van der Waals surface area contributed by atoms with Crippen LogP contribution in [0.15, 0.2) is 30.3 Å². The SMILES string of the molecule is CC1CCC(=O)CC1CCCCOCc1ccccc1. The van der Waals surface area contributed by atoms with E-state index >= 15 is 0 Å². The van der Waals surface area contributed by atoms with E-state index < -0.39 is 0 Å². The van der Waals surface area contributed by atoms with Gasteiger partial charge in [0.05, 0.1) is 6.61 Å². The summed E-state index contributed by atoms with van der Waals surface area (Å²) in [5.41, 5.74) is 1.24. The van der Waals surface area contributed by atoms with Gasteiger partial charge in [0, 0.05) is 19.4 Å². The summed E-state index contributed by atoms with van der Waals surface area (Å²) >= 11 is 0. The first kappa shape index (κ1) is 15.2. The number of ether oxygens (including phenoxy) is 1. The van der Waals surface area contributed by atoms with Gasteiger partial charge in [0.15, 0.2) is 0 Å². The monoisotopic (exact) mass is 274 g/mol. The number of carbonyl (C=O) groups excluding carboxylic acids is 1. The van der Waals surface area contributed by atoms with Gasteiger partial charge in [0.25, 0.3) is 0 Å². The Bertz CT molecular complexity index is 399. The fourth-order valence-corrected chi connectivity index (χ4v) is 2.98. The highest BCUT2D eigenvalue weighted by Crippen LogP contribution is 2.31. The summed E-state index contributed by atoms with van der Waals surface area (Å²) < 4.78 is 5.69. The van der Waals surface area contributed by atoms with Crippen LogP contribution in [0, 0.1) is 11.8 Å². The summed E-state index contributed by atoms with van der Waals surface area (Å²) in [6.07, 6.45) is 6.17. The summed E-state index contributed by atoms with van der Waals surface area (Å²) in [6.45, 7) is 3.83. The third kappa shape index (κ3) is 5.09. The highest BCUT2D eigenvalue weighted by atomic mass is 16.5. The highest BCUT2D eigenvalue weighted by Gasteiger charge is 2.25. The van der Waals surface area contributed by atoms with Gasteiger partial charge in [0.2, 0.25) is 0 Å². The van der Waals surface area contributed by atoms with Crippen molar-refractivity contribution in [2.75, 3.05) is 6.61 Å². The molecule has 0 bridgehead atoms. The van der Waals surface area contributed by atoms with Crippen molar-refractivity contribution in [3.05, 3.63) is 35.9 Å². The van der Waals surface area contributed by atoms with Gasteiger partial charge in [-0.3, -0.25) is 4.79 Å². The Kier molecular flexibility index (Phi) is 6.25.